The highest BCUT2D eigenvalue weighted by Crippen LogP contribution is 2.10. The molecular formula is C11H21N3OS2. The van der Waals surface area contributed by atoms with E-state index in [-0.39, 0.29) is 5.91 Å². The predicted molar refractivity (Wildman–Crippen MR) is 77.4 cm³/mol. The van der Waals surface area contributed by atoms with E-state index in [0.29, 0.717) is 24.0 Å². The maximum Gasteiger partial charge on any atom is 0.221 e. The minimum atomic E-state index is 0.173. The van der Waals surface area contributed by atoms with Crippen molar-refractivity contribution in [2.75, 3.05) is 31.6 Å². The van der Waals surface area contributed by atoms with Gasteiger partial charge in [0.25, 0.3) is 0 Å². The number of thiocarbonyl (C=S) groups is 1. The smallest absolute Gasteiger partial charge is 0.221 e. The highest BCUT2D eigenvalue weighted by molar-refractivity contribution is 7.98. The standard InChI is InChI=1S/C11H21N3OS2/c1-17-7-4-11(15)13-9-2-5-14(6-3-9)8-10(12)16/h9H,2-8H2,1H3,(H2,12,16)(H,13,15). The number of carbonyl (C=O) groups excluding carboxylic acids is 1. The fraction of sp³-hybridized carbons (Fsp3) is 0.818. The molecule has 0 aromatic carbocycles. The lowest BCUT2D eigenvalue weighted by molar-refractivity contribution is -0.121. The minimum absolute atomic E-state index is 0.173. The lowest BCUT2D eigenvalue weighted by atomic mass is 10.0. The van der Waals surface area contributed by atoms with E-state index in [2.05, 4.69) is 10.2 Å². The molecule has 1 rings (SSSR count). The number of hydrogen-bond acceptors (Lipinski definition) is 4. The maximum atomic E-state index is 11.6. The Balaban J connectivity index is 2.18. The molecule has 1 aliphatic heterocycles. The van der Waals surface area contributed by atoms with Crippen LogP contribution in [0.1, 0.15) is 19.3 Å². The van der Waals surface area contributed by atoms with E-state index in [4.69, 9.17) is 18.0 Å². The summed E-state index contributed by atoms with van der Waals surface area (Å²) in [5, 5.41) is 3.08. The molecule has 0 bridgehead atoms. The Labute approximate surface area is 113 Å². The first-order chi connectivity index (χ1) is 8.11. The van der Waals surface area contributed by atoms with Crippen molar-refractivity contribution in [3.8, 4) is 0 Å². The zero-order valence-electron chi connectivity index (χ0n) is 10.3. The molecule has 0 aliphatic carbocycles. The first-order valence-electron chi connectivity index (χ1n) is 5.90. The second-order valence-electron chi connectivity index (χ2n) is 4.33. The molecule has 1 heterocycles. The van der Waals surface area contributed by atoms with E-state index < -0.39 is 0 Å². The van der Waals surface area contributed by atoms with Gasteiger partial charge < -0.3 is 11.1 Å². The molecular weight excluding hydrogens is 254 g/mol. The summed E-state index contributed by atoms with van der Waals surface area (Å²) in [5.74, 6) is 1.07. The van der Waals surface area contributed by atoms with E-state index in [1.54, 1.807) is 11.8 Å². The Morgan fingerprint density at radius 3 is 2.71 bits per heavy atom. The van der Waals surface area contributed by atoms with Gasteiger partial charge in [-0.15, -0.1) is 0 Å². The van der Waals surface area contributed by atoms with Crippen LogP contribution in [0.3, 0.4) is 0 Å². The fourth-order valence-electron chi connectivity index (χ4n) is 1.95. The molecule has 0 saturated carbocycles. The summed E-state index contributed by atoms with van der Waals surface area (Å²) in [4.78, 5) is 14.3. The lowest BCUT2D eigenvalue weighted by Crippen LogP contribution is -2.46. The van der Waals surface area contributed by atoms with E-state index >= 15 is 0 Å². The number of nitrogens with one attached hydrogen (secondary N) is 1. The first-order valence-corrected chi connectivity index (χ1v) is 7.71. The molecule has 1 saturated heterocycles. The van der Waals surface area contributed by atoms with Crippen LogP contribution in [0, 0.1) is 0 Å². The van der Waals surface area contributed by atoms with Gasteiger partial charge >= 0.3 is 0 Å². The number of nitrogens with two attached hydrogens (primary N) is 1. The second-order valence-corrected chi connectivity index (χ2v) is 5.84. The van der Waals surface area contributed by atoms with Gasteiger partial charge in [-0.3, -0.25) is 9.69 Å². The van der Waals surface area contributed by atoms with Crippen molar-refractivity contribution in [2.45, 2.75) is 25.3 Å². The number of amides is 1. The zero-order valence-corrected chi connectivity index (χ0v) is 11.9. The molecule has 1 amide bonds. The number of carbonyl (C=O) groups is 1. The van der Waals surface area contributed by atoms with Gasteiger partial charge in [0.05, 0.1) is 4.99 Å². The summed E-state index contributed by atoms with van der Waals surface area (Å²) in [6, 6.07) is 0.326. The molecule has 0 radical (unpaired) electrons. The second kappa shape index (κ2) is 7.89. The summed E-state index contributed by atoms with van der Waals surface area (Å²) in [6.07, 6.45) is 4.62. The van der Waals surface area contributed by atoms with Gasteiger partial charge in [0.1, 0.15) is 0 Å². The van der Waals surface area contributed by atoms with Crippen molar-refractivity contribution in [1.29, 1.82) is 0 Å². The van der Waals surface area contributed by atoms with Crippen molar-refractivity contribution in [3.63, 3.8) is 0 Å². The minimum Gasteiger partial charge on any atom is -0.392 e. The Hall–Kier alpha value is -0.330. The van der Waals surface area contributed by atoms with Crippen LogP contribution in [0.2, 0.25) is 0 Å². The third kappa shape index (κ3) is 6.24. The number of piperidine rings is 1. The molecule has 6 heteroatoms. The fourth-order valence-corrected chi connectivity index (χ4v) is 2.52. The third-order valence-corrected chi connectivity index (χ3v) is 3.61. The Morgan fingerprint density at radius 1 is 1.53 bits per heavy atom. The SMILES string of the molecule is CSCCC(=O)NC1CCN(CC(N)=S)CC1. The van der Waals surface area contributed by atoms with Crippen molar-refractivity contribution in [2.24, 2.45) is 5.73 Å². The number of hydrogen-bond donors (Lipinski definition) is 2. The van der Waals surface area contributed by atoms with Gasteiger partial charge in [-0.1, -0.05) is 12.2 Å². The molecule has 0 spiro atoms. The predicted octanol–water partition coefficient (Wildman–Crippen LogP) is 0.606. The zero-order chi connectivity index (χ0) is 12.7. The van der Waals surface area contributed by atoms with Crippen molar-refractivity contribution >= 4 is 34.9 Å². The molecule has 1 aliphatic rings. The van der Waals surface area contributed by atoms with Crippen molar-refractivity contribution in [3.05, 3.63) is 0 Å². The van der Waals surface area contributed by atoms with Crippen LogP contribution < -0.4 is 11.1 Å². The van der Waals surface area contributed by atoms with Gasteiger partial charge in [0, 0.05) is 37.8 Å². The molecule has 0 aromatic heterocycles. The summed E-state index contributed by atoms with van der Waals surface area (Å²) in [7, 11) is 0. The number of likely N-dealkylation sites (tertiary alicyclic amines) is 1. The van der Waals surface area contributed by atoms with Crippen LogP contribution in [-0.4, -0.2) is 53.5 Å². The molecule has 4 nitrogen and oxygen atoms in total. The van der Waals surface area contributed by atoms with Crippen LogP contribution in [0.5, 0.6) is 0 Å². The summed E-state index contributed by atoms with van der Waals surface area (Å²) in [6.45, 7) is 2.62. The molecule has 0 atom stereocenters. The highest BCUT2D eigenvalue weighted by atomic mass is 32.2. The average molecular weight is 275 g/mol. The molecule has 98 valence electrons. The van der Waals surface area contributed by atoms with Crippen molar-refractivity contribution in [1.82, 2.24) is 10.2 Å². The Bertz CT molecular complexity index is 265. The summed E-state index contributed by atoms with van der Waals surface area (Å²) < 4.78 is 0. The van der Waals surface area contributed by atoms with Crippen LogP contribution in [0.4, 0.5) is 0 Å². The van der Waals surface area contributed by atoms with Crippen LogP contribution in [0.25, 0.3) is 0 Å². The van der Waals surface area contributed by atoms with E-state index in [0.717, 1.165) is 31.7 Å². The molecule has 0 unspecified atom stereocenters. The third-order valence-electron chi connectivity index (χ3n) is 2.87. The van der Waals surface area contributed by atoms with Crippen LogP contribution in [-0.2, 0) is 4.79 Å². The van der Waals surface area contributed by atoms with Gasteiger partial charge in [-0.25, -0.2) is 0 Å². The van der Waals surface area contributed by atoms with Crippen molar-refractivity contribution < 1.29 is 4.79 Å². The maximum absolute atomic E-state index is 11.6. The number of rotatable bonds is 6. The Morgan fingerprint density at radius 2 is 2.18 bits per heavy atom. The summed E-state index contributed by atoms with van der Waals surface area (Å²) >= 11 is 6.59. The largest absolute Gasteiger partial charge is 0.392 e. The van der Waals surface area contributed by atoms with Gasteiger partial charge in [0.2, 0.25) is 5.91 Å². The molecule has 17 heavy (non-hydrogen) atoms. The molecule has 1 fully saturated rings. The van der Waals surface area contributed by atoms with E-state index in [9.17, 15) is 4.79 Å². The molecule has 0 aromatic rings. The van der Waals surface area contributed by atoms with E-state index in [1.165, 1.54) is 0 Å². The van der Waals surface area contributed by atoms with E-state index in [1.807, 2.05) is 6.26 Å². The number of nitrogens with zero attached hydrogens (tertiary/aromatic N) is 1. The molecule has 3 N–H and O–H groups in total. The lowest BCUT2D eigenvalue weighted by Gasteiger charge is -2.31. The summed E-state index contributed by atoms with van der Waals surface area (Å²) in [5.41, 5.74) is 5.51. The average Bonchev–Trinajstić information content (AvgIpc) is 2.28. The highest BCUT2D eigenvalue weighted by Gasteiger charge is 2.20. The monoisotopic (exact) mass is 275 g/mol. The van der Waals surface area contributed by atoms with Gasteiger partial charge in [0.15, 0.2) is 0 Å². The topological polar surface area (TPSA) is 58.4 Å². The number of thioether (sulfide) groups is 1. The van der Waals surface area contributed by atoms with Crippen LogP contribution >= 0.6 is 24.0 Å². The quantitative estimate of drug-likeness (QED) is 0.696. The Kier molecular flexibility index (Phi) is 6.84. The first kappa shape index (κ1) is 14.7. The van der Waals surface area contributed by atoms with Crippen LogP contribution in [0.15, 0.2) is 0 Å². The normalized spacial score (nSPS) is 17.9. The van der Waals surface area contributed by atoms with Gasteiger partial charge in [-0.05, 0) is 19.1 Å². The van der Waals surface area contributed by atoms with Gasteiger partial charge in [-0.2, -0.15) is 11.8 Å².